The second-order valence-corrected chi connectivity index (χ2v) is 11.1. The number of rotatable bonds is 6. The first kappa shape index (κ1) is 25.4. The van der Waals surface area contributed by atoms with Gasteiger partial charge in [-0.25, -0.2) is 17.2 Å². The molecule has 2 saturated heterocycles. The van der Waals surface area contributed by atoms with Crippen LogP contribution < -0.4 is 0 Å². The Morgan fingerprint density at radius 3 is 2.24 bits per heavy atom. The van der Waals surface area contributed by atoms with Gasteiger partial charge in [0.25, 0.3) is 5.91 Å². The van der Waals surface area contributed by atoms with Gasteiger partial charge < -0.3 is 4.90 Å². The molecule has 13 heteroatoms. The molecule has 3 heterocycles. The minimum atomic E-state index is -3.55. The van der Waals surface area contributed by atoms with E-state index < -0.39 is 21.7 Å². The Labute approximate surface area is 213 Å². The number of amides is 1. The Morgan fingerprint density at radius 2 is 1.57 bits per heavy atom. The summed E-state index contributed by atoms with van der Waals surface area (Å²) in [5.41, 5.74) is 0.756. The Balaban J connectivity index is 1.19. The van der Waals surface area contributed by atoms with E-state index >= 15 is 0 Å². The molecule has 2 fully saturated rings. The molecule has 37 heavy (non-hydrogen) atoms. The second kappa shape index (κ2) is 10.6. The molecule has 0 saturated carbocycles. The lowest BCUT2D eigenvalue weighted by molar-refractivity contribution is 0.0624. The number of carbonyl (C=O) groups excluding carboxylic acids is 1. The lowest BCUT2D eigenvalue weighted by atomic mass is 10.2. The summed E-state index contributed by atoms with van der Waals surface area (Å²) in [4.78, 5) is 17.0. The van der Waals surface area contributed by atoms with Gasteiger partial charge in [-0.05, 0) is 59.7 Å². The Hall–Kier alpha value is -3.29. The monoisotopic (exact) mass is 531 g/mol. The highest BCUT2D eigenvalue weighted by Gasteiger charge is 2.27. The average Bonchev–Trinajstić information content (AvgIpc) is 3.39. The van der Waals surface area contributed by atoms with Crippen molar-refractivity contribution in [2.45, 2.75) is 30.7 Å². The molecular formula is C24H27F2N7O3S. The summed E-state index contributed by atoms with van der Waals surface area (Å²) >= 11 is 0. The number of piperazine rings is 1. The van der Waals surface area contributed by atoms with Crippen LogP contribution in [0.4, 0.5) is 8.78 Å². The molecule has 0 bridgehead atoms. The summed E-state index contributed by atoms with van der Waals surface area (Å²) < 4.78 is 55.5. The molecule has 0 spiro atoms. The van der Waals surface area contributed by atoms with E-state index in [1.54, 1.807) is 17.0 Å². The zero-order chi connectivity index (χ0) is 26.0. The normalized spacial score (nSPS) is 17.7. The second-order valence-electron chi connectivity index (χ2n) is 9.16. The van der Waals surface area contributed by atoms with Gasteiger partial charge in [-0.15, -0.1) is 5.10 Å². The first-order valence-electron chi connectivity index (χ1n) is 12.2. The molecule has 5 rings (SSSR count). The van der Waals surface area contributed by atoms with Gasteiger partial charge in [-0.1, -0.05) is 6.42 Å². The fourth-order valence-electron chi connectivity index (χ4n) is 4.64. The number of piperidine rings is 1. The van der Waals surface area contributed by atoms with Crippen LogP contribution >= 0.6 is 0 Å². The standard InChI is InChI=1S/C24H27F2N7O3S/c25-21-9-6-19(16-22(21)26)33-23(27-28-29-33)17-30-12-14-31(15-13-30)24(34)18-4-7-20(8-5-18)37(35,36)32-10-2-1-3-11-32/h4-9,16H,1-3,10-15,17H2. The maximum atomic E-state index is 13.6. The number of hydrogen-bond acceptors (Lipinski definition) is 7. The summed E-state index contributed by atoms with van der Waals surface area (Å²) in [6.45, 7) is 3.51. The van der Waals surface area contributed by atoms with Crippen molar-refractivity contribution < 1.29 is 22.0 Å². The SMILES string of the molecule is O=C(c1ccc(S(=O)(=O)N2CCCCC2)cc1)N1CCN(Cc2nnnn2-c2ccc(F)c(F)c2)CC1. The lowest BCUT2D eigenvalue weighted by Crippen LogP contribution is -2.48. The summed E-state index contributed by atoms with van der Waals surface area (Å²) in [5.74, 6) is -1.62. The molecule has 0 atom stereocenters. The molecule has 0 unspecified atom stereocenters. The molecule has 1 amide bonds. The van der Waals surface area contributed by atoms with Gasteiger partial charge in [-0.3, -0.25) is 9.69 Å². The number of sulfonamides is 1. The molecule has 10 nitrogen and oxygen atoms in total. The highest BCUT2D eigenvalue weighted by atomic mass is 32.2. The van der Waals surface area contributed by atoms with Crippen molar-refractivity contribution in [2.24, 2.45) is 0 Å². The summed E-state index contributed by atoms with van der Waals surface area (Å²) in [7, 11) is -3.55. The molecule has 0 radical (unpaired) electrons. The van der Waals surface area contributed by atoms with Crippen LogP contribution in [0.3, 0.4) is 0 Å². The average molecular weight is 532 g/mol. The quantitative estimate of drug-likeness (QED) is 0.480. The van der Waals surface area contributed by atoms with Crippen molar-refractivity contribution in [3.8, 4) is 5.69 Å². The molecule has 0 aliphatic carbocycles. The van der Waals surface area contributed by atoms with Crippen molar-refractivity contribution in [3.05, 3.63) is 65.5 Å². The van der Waals surface area contributed by atoms with Crippen LogP contribution in [-0.4, -0.2) is 87.9 Å². The number of tetrazole rings is 1. The van der Waals surface area contributed by atoms with Crippen LogP contribution in [0.2, 0.25) is 0 Å². The molecule has 0 N–H and O–H groups in total. The fourth-order valence-corrected chi connectivity index (χ4v) is 6.15. The van der Waals surface area contributed by atoms with Crippen molar-refractivity contribution >= 4 is 15.9 Å². The van der Waals surface area contributed by atoms with E-state index in [0.717, 1.165) is 31.4 Å². The van der Waals surface area contributed by atoms with Gasteiger partial charge >= 0.3 is 0 Å². The first-order valence-corrected chi connectivity index (χ1v) is 13.6. The van der Waals surface area contributed by atoms with Crippen molar-refractivity contribution in [1.29, 1.82) is 0 Å². The molecule has 2 aliphatic heterocycles. The molecule has 2 aromatic carbocycles. The van der Waals surface area contributed by atoms with E-state index in [0.29, 0.717) is 62.9 Å². The third-order valence-electron chi connectivity index (χ3n) is 6.76. The summed E-state index contributed by atoms with van der Waals surface area (Å²) in [6, 6.07) is 9.61. The molecule has 3 aromatic rings. The van der Waals surface area contributed by atoms with E-state index in [-0.39, 0.29) is 10.8 Å². The van der Waals surface area contributed by atoms with E-state index in [1.165, 1.54) is 27.2 Å². The minimum Gasteiger partial charge on any atom is -0.336 e. The summed E-state index contributed by atoms with van der Waals surface area (Å²) in [5, 5.41) is 11.6. The maximum absolute atomic E-state index is 13.6. The first-order chi connectivity index (χ1) is 17.8. The maximum Gasteiger partial charge on any atom is 0.253 e. The lowest BCUT2D eigenvalue weighted by Gasteiger charge is -2.34. The Bertz CT molecular complexity index is 1370. The minimum absolute atomic E-state index is 0.159. The number of nitrogens with zero attached hydrogens (tertiary/aromatic N) is 7. The van der Waals surface area contributed by atoms with Crippen LogP contribution in [-0.2, 0) is 16.6 Å². The highest BCUT2D eigenvalue weighted by molar-refractivity contribution is 7.89. The van der Waals surface area contributed by atoms with Gasteiger partial charge in [0.15, 0.2) is 17.5 Å². The van der Waals surface area contributed by atoms with E-state index in [4.69, 9.17) is 0 Å². The van der Waals surface area contributed by atoms with Gasteiger partial charge in [0, 0.05) is 50.9 Å². The van der Waals surface area contributed by atoms with Gasteiger partial charge in [-0.2, -0.15) is 8.99 Å². The number of aromatic nitrogens is 4. The van der Waals surface area contributed by atoms with E-state index in [2.05, 4.69) is 20.4 Å². The van der Waals surface area contributed by atoms with Crippen LogP contribution in [0.25, 0.3) is 5.69 Å². The fraction of sp³-hybridized carbons (Fsp3) is 0.417. The predicted octanol–water partition coefficient (Wildman–Crippen LogP) is 2.07. The number of halogens is 2. The van der Waals surface area contributed by atoms with Crippen LogP contribution in [0.15, 0.2) is 47.4 Å². The number of carbonyl (C=O) groups is 1. The van der Waals surface area contributed by atoms with E-state index in [1.807, 2.05) is 0 Å². The predicted molar refractivity (Wildman–Crippen MR) is 129 cm³/mol. The largest absolute Gasteiger partial charge is 0.336 e. The van der Waals surface area contributed by atoms with Crippen LogP contribution in [0, 0.1) is 11.6 Å². The molecule has 1 aromatic heterocycles. The highest BCUT2D eigenvalue weighted by Crippen LogP contribution is 2.22. The smallest absolute Gasteiger partial charge is 0.253 e. The van der Waals surface area contributed by atoms with E-state index in [9.17, 15) is 22.0 Å². The van der Waals surface area contributed by atoms with Crippen molar-refractivity contribution in [1.82, 2.24) is 34.3 Å². The summed E-state index contributed by atoms with van der Waals surface area (Å²) in [6.07, 6.45) is 2.76. The van der Waals surface area contributed by atoms with Crippen molar-refractivity contribution in [3.63, 3.8) is 0 Å². The van der Waals surface area contributed by atoms with Gasteiger partial charge in [0.1, 0.15) is 0 Å². The topological polar surface area (TPSA) is 105 Å². The van der Waals surface area contributed by atoms with Crippen LogP contribution in [0.1, 0.15) is 35.4 Å². The Kier molecular flexibility index (Phi) is 7.26. The zero-order valence-corrected chi connectivity index (χ0v) is 20.9. The van der Waals surface area contributed by atoms with Crippen molar-refractivity contribution in [2.75, 3.05) is 39.3 Å². The van der Waals surface area contributed by atoms with Gasteiger partial charge in [0.05, 0.1) is 17.1 Å². The third-order valence-corrected chi connectivity index (χ3v) is 8.67. The van der Waals surface area contributed by atoms with Crippen LogP contribution in [0.5, 0.6) is 0 Å². The zero-order valence-electron chi connectivity index (χ0n) is 20.1. The molecular weight excluding hydrogens is 504 g/mol. The molecule has 196 valence electrons. The molecule has 2 aliphatic rings. The van der Waals surface area contributed by atoms with Gasteiger partial charge in [0.2, 0.25) is 10.0 Å². The Morgan fingerprint density at radius 1 is 0.865 bits per heavy atom. The number of hydrogen-bond donors (Lipinski definition) is 0. The number of benzene rings is 2. The third kappa shape index (κ3) is 5.38.